The Bertz CT molecular complexity index is 500. The van der Waals surface area contributed by atoms with Crippen LogP contribution in [0.5, 0.6) is 5.75 Å². The fraction of sp³-hybridized carbons (Fsp3) is 0.286. The maximum absolute atomic E-state index is 11.8. The molecule has 1 unspecified atom stereocenters. The van der Waals surface area contributed by atoms with Gasteiger partial charge in [0.05, 0.1) is 7.11 Å². The lowest BCUT2D eigenvalue weighted by atomic mass is 10.0. The number of methoxy groups -OCH3 is 1. The largest absolute Gasteiger partial charge is 0.496 e. The SMILES string of the molecule is C=CCOC(=O)N(C)C(C(=O)O)c1ccccc1OC. The average Bonchev–Trinajstić information content (AvgIpc) is 2.44. The van der Waals surface area contributed by atoms with E-state index in [4.69, 9.17) is 9.47 Å². The molecule has 0 bridgehead atoms. The van der Waals surface area contributed by atoms with Crippen LogP contribution in [0.1, 0.15) is 11.6 Å². The monoisotopic (exact) mass is 279 g/mol. The van der Waals surface area contributed by atoms with Crippen LogP contribution in [-0.2, 0) is 9.53 Å². The smallest absolute Gasteiger partial charge is 0.410 e. The molecular weight excluding hydrogens is 262 g/mol. The minimum absolute atomic E-state index is 0.0153. The summed E-state index contributed by atoms with van der Waals surface area (Å²) in [6, 6.07) is 5.43. The molecule has 6 heteroatoms. The van der Waals surface area contributed by atoms with Gasteiger partial charge in [-0.2, -0.15) is 0 Å². The maximum Gasteiger partial charge on any atom is 0.410 e. The number of rotatable bonds is 6. The number of carboxylic acids is 1. The minimum atomic E-state index is -1.19. The molecule has 1 N–H and O–H groups in total. The van der Waals surface area contributed by atoms with E-state index in [2.05, 4.69) is 6.58 Å². The number of amides is 1. The van der Waals surface area contributed by atoms with Crippen LogP contribution >= 0.6 is 0 Å². The summed E-state index contributed by atoms with van der Waals surface area (Å²) in [5.41, 5.74) is 0.376. The lowest BCUT2D eigenvalue weighted by molar-refractivity contribution is -0.142. The van der Waals surface area contributed by atoms with Crippen molar-refractivity contribution in [1.29, 1.82) is 0 Å². The number of carbonyl (C=O) groups is 2. The number of hydrogen-bond acceptors (Lipinski definition) is 4. The third kappa shape index (κ3) is 3.50. The van der Waals surface area contributed by atoms with Crippen LogP contribution in [-0.4, -0.2) is 42.8 Å². The Kier molecular flexibility index (Phi) is 5.58. The van der Waals surface area contributed by atoms with Gasteiger partial charge >= 0.3 is 12.1 Å². The number of nitrogens with zero attached hydrogens (tertiary/aromatic N) is 1. The molecule has 0 heterocycles. The van der Waals surface area contributed by atoms with Crippen LogP contribution < -0.4 is 4.74 Å². The van der Waals surface area contributed by atoms with E-state index >= 15 is 0 Å². The number of likely N-dealkylation sites (N-methyl/N-ethyl adjacent to an activating group) is 1. The molecule has 108 valence electrons. The molecule has 1 aromatic carbocycles. The van der Waals surface area contributed by atoms with Gasteiger partial charge in [0.15, 0.2) is 6.04 Å². The summed E-state index contributed by atoms with van der Waals surface area (Å²) in [5.74, 6) is -0.782. The van der Waals surface area contributed by atoms with E-state index in [-0.39, 0.29) is 6.61 Å². The number of benzene rings is 1. The Morgan fingerprint density at radius 1 is 1.45 bits per heavy atom. The second-order valence-corrected chi connectivity index (χ2v) is 3.96. The van der Waals surface area contributed by atoms with Crippen molar-refractivity contribution in [2.24, 2.45) is 0 Å². The summed E-state index contributed by atoms with van der Waals surface area (Å²) in [6.07, 6.45) is 0.660. The quantitative estimate of drug-likeness (QED) is 0.807. The number of aliphatic carboxylic acids is 1. The summed E-state index contributed by atoms with van der Waals surface area (Å²) < 4.78 is 9.97. The Balaban J connectivity index is 3.08. The molecule has 0 aliphatic heterocycles. The molecular formula is C14H17NO5. The first-order valence-electron chi connectivity index (χ1n) is 5.89. The highest BCUT2D eigenvalue weighted by Crippen LogP contribution is 2.29. The molecule has 1 aromatic rings. The molecule has 0 aliphatic carbocycles. The third-order valence-electron chi connectivity index (χ3n) is 2.67. The van der Waals surface area contributed by atoms with Gasteiger partial charge in [-0.25, -0.2) is 9.59 Å². The van der Waals surface area contributed by atoms with Crippen molar-refractivity contribution in [1.82, 2.24) is 4.90 Å². The van der Waals surface area contributed by atoms with E-state index in [9.17, 15) is 14.7 Å². The first-order valence-corrected chi connectivity index (χ1v) is 5.89. The van der Waals surface area contributed by atoms with Gasteiger partial charge in [-0.3, -0.25) is 4.90 Å². The number of ether oxygens (including phenoxy) is 2. The van der Waals surface area contributed by atoms with Gasteiger partial charge < -0.3 is 14.6 Å². The van der Waals surface area contributed by atoms with E-state index in [0.717, 1.165) is 4.90 Å². The first kappa shape index (κ1) is 15.6. The Morgan fingerprint density at radius 3 is 2.65 bits per heavy atom. The average molecular weight is 279 g/mol. The number of hydrogen-bond donors (Lipinski definition) is 1. The number of carbonyl (C=O) groups excluding carboxylic acids is 1. The highest BCUT2D eigenvalue weighted by Gasteiger charge is 2.31. The summed E-state index contributed by atoms with van der Waals surface area (Å²) in [5, 5.41) is 9.37. The van der Waals surface area contributed by atoms with Gasteiger partial charge in [0.2, 0.25) is 0 Å². The molecule has 1 rings (SSSR count). The summed E-state index contributed by atoms with van der Waals surface area (Å²) in [6.45, 7) is 3.44. The Labute approximate surface area is 117 Å². The minimum Gasteiger partial charge on any atom is -0.496 e. The predicted octanol–water partition coefficient (Wildman–Crippen LogP) is 2.08. The summed E-state index contributed by atoms with van der Waals surface area (Å²) in [4.78, 5) is 24.2. The van der Waals surface area contributed by atoms with Crippen LogP contribution in [0.4, 0.5) is 4.79 Å². The summed E-state index contributed by atoms with van der Waals surface area (Å²) >= 11 is 0. The lowest BCUT2D eigenvalue weighted by Crippen LogP contribution is -2.36. The first-order chi connectivity index (χ1) is 9.52. The van der Waals surface area contributed by atoms with Crippen molar-refractivity contribution < 1.29 is 24.2 Å². The molecule has 1 amide bonds. The van der Waals surface area contributed by atoms with E-state index in [1.807, 2.05) is 0 Å². The molecule has 0 aliphatic rings. The molecule has 0 radical (unpaired) electrons. The molecule has 0 spiro atoms. The molecule has 0 saturated carbocycles. The van der Waals surface area contributed by atoms with E-state index in [0.29, 0.717) is 11.3 Å². The van der Waals surface area contributed by atoms with Crippen LogP contribution in [0, 0.1) is 0 Å². The zero-order valence-electron chi connectivity index (χ0n) is 11.4. The third-order valence-corrected chi connectivity index (χ3v) is 2.67. The summed E-state index contributed by atoms with van der Waals surface area (Å²) in [7, 11) is 2.80. The lowest BCUT2D eigenvalue weighted by Gasteiger charge is -2.25. The molecule has 0 fully saturated rings. The number of para-hydroxylation sites is 1. The molecule has 20 heavy (non-hydrogen) atoms. The standard InChI is InChI=1S/C14H17NO5/c1-4-9-20-14(18)15(2)12(13(16)17)10-7-5-6-8-11(10)19-3/h4-8,12H,1,9H2,2-3H3,(H,16,17). The molecule has 1 atom stereocenters. The fourth-order valence-electron chi connectivity index (χ4n) is 1.74. The van der Waals surface area contributed by atoms with Crippen LogP contribution in [0.2, 0.25) is 0 Å². The zero-order valence-corrected chi connectivity index (χ0v) is 11.4. The van der Waals surface area contributed by atoms with E-state index < -0.39 is 18.1 Å². The van der Waals surface area contributed by atoms with Crippen LogP contribution in [0.3, 0.4) is 0 Å². The van der Waals surface area contributed by atoms with Gasteiger partial charge in [-0.05, 0) is 6.07 Å². The second kappa shape index (κ2) is 7.18. The molecule has 0 aromatic heterocycles. The highest BCUT2D eigenvalue weighted by atomic mass is 16.6. The number of carboxylic acid groups (broad SMARTS) is 1. The van der Waals surface area contributed by atoms with E-state index in [1.54, 1.807) is 24.3 Å². The van der Waals surface area contributed by atoms with Crippen molar-refractivity contribution >= 4 is 12.1 Å². The maximum atomic E-state index is 11.8. The van der Waals surface area contributed by atoms with Crippen molar-refractivity contribution in [3.63, 3.8) is 0 Å². The second-order valence-electron chi connectivity index (χ2n) is 3.96. The van der Waals surface area contributed by atoms with E-state index in [1.165, 1.54) is 20.2 Å². The van der Waals surface area contributed by atoms with Gasteiger partial charge in [-0.1, -0.05) is 30.9 Å². The van der Waals surface area contributed by atoms with Gasteiger partial charge in [0.25, 0.3) is 0 Å². The highest BCUT2D eigenvalue weighted by molar-refractivity contribution is 5.82. The Hall–Kier alpha value is -2.50. The molecule has 0 saturated heterocycles. The molecule has 6 nitrogen and oxygen atoms in total. The normalized spacial score (nSPS) is 11.3. The van der Waals surface area contributed by atoms with Crippen molar-refractivity contribution in [2.45, 2.75) is 6.04 Å². The van der Waals surface area contributed by atoms with Crippen LogP contribution in [0.15, 0.2) is 36.9 Å². The van der Waals surface area contributed by atoms with Gasteiger partial charge in [0.1, 0.15) is 12.4 Å². The van der Waals surface area contributed by atoms with Crippen molar-refractivity contribution in [3.8, 4) is 5.75 Å². The van der Waals surface area contributed by atoms with Crippen molar-refractivity contribution in [3.05, 3.63) is 42.5 Å². The van der Waals surface area contributed by atoms with Gasteiger partial charge in [-0.15, -0.1) is 0 Å². The Morgan fingerprint density at radius 2 is 2.10 bits per heavy atom. The zero-order chi connectivity index (χ0) is 15.1. The predicted molar refractivity (Wildman–Crippen MR) is 72.7 cm³/mol. The fourth-order valence-corrected chi connectivity index (χ4v) is 1.74. The van der Waals surface area contributed by atoms with Crippen LogP contribution in [0.25, 0.3) is 0 Å². The van der Waals surface area contributed by atoms with Gasteiger partial charge in [0, 0.05) is 12.6 Å². The topological polar surface area (TPSA) is 76.1 Å². The van der Waals surface area contributed by atoms with Crippen molar-refractivity contribution in [2.75, 3.05) is 20.8 Å².